The van der Waals surface area contributed by atoms with Crippen LogP contribution in [0.3, 0.4) is 0 Å². The third kappa shape index (κ3) is 2.78. The third-order valence-corrected chi connectivity index (χ3v) is 3.61. The Balaban J connectivity index is 2.22. The summed E-state index contributed by atoms with van der Waals surface area (Å²) in [6.07, 6.45) is -4.14. The van der Waals surface area contributed by atoms with Gasteiger partial charge < -0.3 is 19.9 Å². The van der Waals surface area contributed by atoms with E-state index in [1.165, 1.54) is 0 Å². The van der Waals surface area contributed by atoms with Gasteiger partial charge in [0.1, 0.15) is 5.82 Å². The predicted molar refractivity (Wildman–Crippen MR) is 76.6 cm³/mol. The zero-order valence-corrected chi connectivity index (χ0v) is 13.0. The summed E-state index contributed by atoms with van der Waals surface area (Å²) in [4.78, 5) is 15.4. The van der Waals surface area contributed by atoms with Crippen molar-refractivity contribution in [3.8, 4) is 22.8 Å². The molecule has 132 valence electrons. The molecule has 0 saturated carbocycles. The predicted octanol–water partition coefficient (Wildman–Crippen LogP) is 3.37. The summed E-state index contributed by atoms with van der Waals surface area (Å²) < 4.78 is 67.3. The van der Waals surface area contributed by atoms with Gasteiger partial charge in [0, 0.05) is 6.07 Å². The quantitative estimate of drug-likeness (QED) is 0.637. The lowest BCUT2D eigenvalue weighted by atomic mass is 10.1. The van der Waals surface area contributed by atoms with Crippen molar-refractivity contribution in [3.63, 3.8) is 0 Å². The molecule has 1 aromatic carbocycles. The summed E-state index contributed by atoms with van der Waals surface area (Å²) in [5.74, 6) is -5.62. The first-order valence-electron chi connectivity index (χ1n) is 6.47. The van der Waals surface area contributed by atoms with Gasteiger partial charge in [0.25, 0.3) is 0 Å². The average molecular weight is 379 g/mol. The Morgan fingerprint density at radius 1 is 1.32 bits per heavy atom. The van der Waals surface area contributed by atoms with Gasteiger partial charge in [-0.3, -0.25) is 0 Å². The molecule has 6 nitrogen and oxygen atoms in total. The van der Waals surface area contributed by atoms with Gasteiger partial charge >= 0.3 is 12.3 Å². The van der Waals surface area contributed by atoms with Crippen LogP contribution in [0.4, 0.5) is 23.2 Å². The molecule has 1 aromatic heterocycles. The van der Waals surface area contributed by atoms with Crippen molar-refractivity contribution in [2.24, 2.45) is 0 Å². The third-order valence-electron chi connectivity index (χ3n) is 3.21. The fourth-order valence-electron chi connectivity index (χ4n) is 2.16. The number of hydrogen-bond acceptors (Lipinski definition) is 6. The molecule has 0 radical (unpaired) electrons. The van der Waals surface area contributed by atoms with E-state index in [0.717, 1.165) is 13.2 Å². The first-order valence-corrected chi connectivity index (χ1v) is 6.85. The van der Waals surface area contributed by atoms with Crippen LogP contribution in [0, 0.1) is 11.6 Å². The number of halogens is 5. The molecule has 0 spiro atoms. The molecule has 0 fully saturated rings. The Hall–Kier alpha value is -2.75. The van der Waals surface area contributed by atoms with Gasteiger partial charge in [0.15, 0.2) is 17.3 Å². The highest BCUT2D eigenvalue weighted by atomic mass is 35.5. The topological polar surface area (TPSA) is 83.7 Å². The largest absolute Gasteiger partial charge is 0.586 e. The van der Waals surface area contributed by atoms with Crippen LogP contribution in [0.5, 0.6) is 11.5 Å². The summed E-state index contributed by atoms with van der Waals surface area (Å²) in [5.41, 5.74) is 3.55. The number of hydrogen-bond donors (Lipinski definition) is 1. The Morgan fingerprint density at radius 3 is 2.64 bits per heavy atom. The van der Waals surface area contributed by atoms with E-state index in [1.807, 2.05) is 0 Å². The highest BCUT2D eigenvalue weighted by Crippen LogP contribution is 2.47. The fourth-order valence-corrected chi connectivity index (χ4v) is 2.34. The molecule has 3 rings (SSSR count). The monoisotopic (exact) mass is 378 g/mol. The molecule has 2 aromatic rings. The van der Waals surface area contributed by atoms with Crippen molar-refractivity contribution in [3.05, 3.63) is 34.5 Å². The van der Waals surface area contributed by atoms with E-state index in [2.05, 4.69) is 19.2 Å². The second-order valence-corrected chi connectivity index (χ2v) is 5.17. The molecule has 11 heteroatoms. The van der Waals surface area contributed by atoms with Crippen molar-refractivity contribution < 1.29 is 36.6 Å². The van der Waals surface area contributed by atoms with E-state index in [0.29, 0.717) is 6.07 Å². The van der Waals surface area contributed by atoms with Crippen LogP contribution in [0.2, 0.25) is 5.02 Å². The Labute approximate surface area is 142 Å². The Kier molecular flexibility index (Phi) is 3.87. The van der Waals surface area contributed by atoms with Crippen LogP contribution in [0.25, 0.3) is 11.3 Å². The van der Waals surface area contributed by atoms with Crippen molar-refractivity contribution >= 4 is 23.3 Å². The van der Waals surface area contributed by atoms with Gasteiger partial charge in [-0.25, -0.2) is 18.6 Å². The first kappa shape index (κ1) is 17.1. The molecule has 0 unspecified atom stereocenters. The fraction of sp³-hybridized carbons (Fsp3) is 0.143. The standard InChI is InChI=1S/C14H7ClF4N2O4/c1-23-13(22)11-9(15)5(20)3-6(21-11)8-4(16)2-7-12(10(8)17)25-14(18,19)24-7/h2-3H,1H3,(H2,20,21). The normalized spacial score (nSPS) is 14.5. The maximum Gasteiger partial charge on any atom is 0.586 e. The van der Waals surface area contributed by atoms with Gasteiger partial charge in [-0.05, 0) is 6.07 Å². The molecule has 0 amide bonds. The van der Waals surface area contributed by atoms with E-state index < -0.39 is 52.3 Å². The molecule has 2 N–H and O–H groups in total. The van der Waals surface area contributed by atoms with Crippen molar-refractivity contribution in [1.29, 1.82) is 0 Å². The van der Waals surface area contributed by atoms with E-state index >= 15 is 0 Å². The Morgan fingerprint density at radius 2 is 2.00 bits per heavy atom. The minimum absolute atomic E-state index is 0.228. The molecular formula is C14H7ClF4N2O4. The molecular weight excluding hydrogens is 372 g/mol. The lowest BCUT2D eigenvalue weighted by molar-refractivity contribution is -0.287. The molecule has 25 heavy (non-hydrogen) atoms. The summed E-state index contributed by atoms with van der Waals surface area (Å²) in [5, 5.41) is -0.288. The van der Waals surface area contributed by atoms with E-state index in [4.69, 9.17) is 17.3 Å². The highest BCUT2D eigenvalue weighted by Gasteiger charge is 2.46. The molecule has 1 aliphatic rings. The number of carbonyl (C=O) groups excluding carboxylic acids is 1. The Bertz CT molecular complexity index is 907. The van der Waals surface area contributed by atoms with Gasteiger partial charge in [-0.15, -0.1) is 8.78 Å². The molecule has 1 aliphatic heterocycles. The minimum Gasteiger partial charge on any atom is -0.464 e. The summed E-state index contributed by atoms with van der Waals surface area (Å²) in [7, 11) is 1.03. The zero-order chi connectivity index (χ0) is 18.5. The number of anilines is 1. The average Bonchev–Trinajstić information content (AvgIpc) is 2.84. The van der Waals surface area contributed by atoms with Crippen LogP contribution in [0.15, 0.2) is 12.1 Å². The van der Waals surface area contributed by atoms with Crippen LogP contribution >= 0.6 is 11.6 Å². The lowest BCUT2D eigenvalue weighted by Gasteiger charge is -2.11. The van der Waals surface area contributed by atoms with Gasteiger partial charge in [0.2, 0.25) is 5.75 Å². The number of rotatable bonds is 2. The number of alkyl halides is 2. The molecule has 2 heterocycles. The summed E-state index contributed by atoms with van der Waals surface area (Å²) in [6, 6.07) is 1.47. The number of fused-ring (bicyclic) bond motifs is 1. The minimum atomic E-state index is -4.14. The van der Waals surface area contributed by atoms with Gasteiger partial charge in [-0.2, -0.15) is 0 Å². The SMILES string of the molecule is COC(=O)c1nc(-c2c(F)cc3c(c2F)OC(F)(F)O3)cc(N)c1Cl. The highest BCUT2D eigenvalue weighted by molar-refractivity contribution is 6.35. The molecule has 0 bridgehead atoms. The van der Waals surface area contributed by atoms with E-state index in [-0.39, 0.29) is 10.7 Å². The van der Waals surface area contributed by atoms with E-state index in [1.54, 1.807) is 0 Å². The van der Waals surface area contributed by atoms with Crippen LogP contribution < -0.4 is 15.2 Å². The van der Waals surface area contributed by atoms with Gasteiger partial charge in [0.05, 0.1) is 29.1 Å². The summed E-state index contributed by atoms with van der Waals surface area (Å²) in [6.45, 7) is 0. The van der Waals surface area contributed by atoms with Crippen LogP contribution in [0.1, 0.15) is 10.5 Å². The summed E-state index contributed by atoms with van der Waals surface area (Å²) >= 11 is 5.82. The number of aromatic nitrogens is 1. The molecule has 0 saturated heterocycles. The van der Waals surface area contributed by atoms with Gasteiger partial charge in [-0.1, -0.05) is 11.6 Å². The second-order valence-electron chi connectivity index (χ2n) is 4.79. The lowest BCUT2D eigenvalue weighted by Crippen LogP contribution is -2.26. The molecule has 0 atom stereocenters. The number of ether oxygens (including phenoxy) is 3. The number of nitrogens with two attached hydrogens (primary N) is 1. The van der Waals surface area contributed by atoms with Crippen molar-refractivity contribution in [2.75, 3.05) is 12.8 Å². The van der Waals surface area contributed by atoms with Crippen LogP contribution in [-0.2, 0) is 4.74 Å². The number of carbonyl (C=O) groups is 1. The number of esters is 1. The van der Waals surface area contributed by atoms with Crippen molar-refractivity contribution in [1.82, 2.24) is 4.98 Å². The zero-order valence-electron chi connectivity index (χ0n) is 12.2. The number of pyridine rings is 1. The smallest absolute Gasteiger partial charge is 0.464 e. The second kappa shape index (κ2) is 5.66. The van der Waals surface area contributed by atoms with E-state index in [9.17, 15) is 22.4 Å². The maximum absolute atomic E-state index is 14.5. The van der Waals surface area contributed by atoms with Crippen LogP contribution in [-0.4, -0.2) is 24.4 Å². The first-order chi connectivity index (χ1) is 11.6. The number of benzene rings is 1. The molecule has 0 aliphatic carbocycles. The number of methoxy groups -OCH3 is 1. The number of nitrogen functional groups attached to an aromatic ring is 1. The van der Waals surface area contributed by atoms with Crippen molar-refractivity contribution in [2.45, 2.75) is 6.29 Å². The maximum atomic E-state index is 14.5. The number of nitrogens with zero attached hydrogens (tertiary/aromatic N) is 1.